The fraction of sp³-hybridized carbons (Fsp3) is 0.400. The van der Waals surface area contributed by atoms with Crippen molar-refractivity contribution in [1.29, 1.82) is 0 Å². The van der Waals surface area contributed by atoms with E-state index in [9.17, 15) is 9.90 Å². The van der Waals surface area contributed by atoms with Crippen LogP contribution in [-0.2, 0) is 53.8 Å². The molecule has 1 N–H and O–H groups in total. The van der Waals surface area contributed by atoms with Crippen molar-refractivity contribution >= 4 is 0 Å². The second-order valence-electron chi connectivity index (χ2n) is 7.03. The smallest absolute Gasteiger partial charge is 0.275 e. The Morgan fingerprint density at radius 2 is 1.58 bits per heavy atom. The van der Waals surface area contributed by atoms with E-state index in [1.165, 1.54) is 0 Å². The summed E-state index contributed by atoms with van der Waals surface area (Å²) < 4.78 is 3.56. The van der Waals surface area contributed by atoms with E-state index in [1.54, 1.807) is 9.36 Å². The van der Waals surface area contributed by atoms with Crippen LogP contribution in [0.5, 0.6) is 5.88 Å². The van der Waals surface area contributed by atoms with Gasteiger partial charge in [-0.25, -0.2) is 21.0 Å². The van der Waals surface area contributed by atoms with E-state index < -0.39 is 0 Å². The van der Waals surface area contributed by atoms with Crippen LogP contribution in [0.1, 0.15) is 64.6 Å². The summed E-state index contributed by atoms with van der Waals surface area (Å²) in [5.41, 5.74) is 3.64. The van der Waals surface area contributed by atoms with Crippen molar-refractivity contribution in [2.75, 3.05) is 0 Å². The Bertz CT molecular complexity index is 1040. The number of nitrogens with zero attached hydrogens (tertiary/aromatic N) is 2. The van der Waals surface area contributed by atoms with Crippen LogP contribution in [0.25, 0.3) is 22.3 Å². The van der Waals surface area contributed by atoms with E-state index in [0.717, 1.165) is 36.0 Å². The van der Waals surface area contributed by atoms with Crippen molar-refractivity contribution in [3.63, 3.8) is 0 Å². The first-order valence-corrected chi connectivity index (χ1v) is 10.7. The zero-order chi connectivity index (χ0) is 21.1. The second kappa shape index (κ2) is 12.3. The Hall–Kier alpha value is -0.958. The van der Waals surface area contributed by atoms with E-state index in [0.29, 0.717) is 11.1 Å². The Balaban J connectivity index is 0.000000760. The van der Waals surface area contributed by atoms with Crippen LogP contribution >= 0.6 is 0 Å². The number of hydrogen-bond acceptors (Lipinski definition) is 2. The van der Waals surface area contributed by atoms with Gasteiger partial charge in [0, 0.05) is 53.8 Å². The minimum absolute atomic E-state index is 0. The van der Waals surface area contributed by atoms with Crippen LogP contribution in [0.15, 0.2) is 41.2 Å². The Morgan fingerprint density at radius 1 is 1.00 bits per heavy atom. The number of fused-ring (bicyclic) bond motifs is 5. The molecule has 1 fully saturated rings. The Morgan fingerprint density at radius 3 is 2.16 bits per heavy atom. The van der Waals surface area contributed by atoms with Crippen LogP contribution < -0.4 is 5.56 Å². The SMILES string of the molecule is CC.CC.Cc1c[c-]c(-c2ccccc2)[c-]c1-c1c(O)n2n(c1=O)C1CCC2C1.[W].[Y]. The molecule has 4 nitrogen and oxygen atoms in total. The second-order valence-corrected chi connectivity index (χ2v) is 7.03. The Labute approximate surface area is 225 Å². The van der Waals surface area contributed by atoms with Crippen molar-refractivity contribution in [3.8, 4) is 28.1 Å². The molecule has 1 aliphatic carbocycles. The van der Waals surface area contributed by atoms with Gasteiger partial charge in [0.05, 0.1) is 17.6 Å². The molecule has 0 amide bonds. The molecule has 2 unspecified atom stereocenters. The third kappa shape index (κ3) is 5.02. The van der Waals surface area contributed by atoms with Crippen molar-refractivity contribution in [1.82, 2.24) is 9.36 Å². The summed E-state index contributed by atoms with van der Waals surface area (Å²) in [5, 5.41) is 10.8. The van der Waals surface area contributed by atoms with Gasteiger partial charge in [-0.15, -0.1) is 19.1 Å². The minimum Gasteiger partial charge on any atom is -0.493 e. The van der Waals surface area contributed by atoms with Crippen molar-refractivity contribution in [3.05, 3.63) is 64.4 Å². The molecule has 2 aromatic carbocycles. The molecule has 0 saturated heterocycles. The van der Waals surface area contributed by atoms with Crippen LogP contribution in [-0.4, -0.2) is 14.5 Å². The van der Waals surface area contributed by atoms with Gasteiger partial charge >= 0.3 is 0 Å². The predicted octanol–water partition coefficient (Wildman–Crippen LogP) is 5.93. The maximum atomic E-state index is 13.0. The van der Waals surface area contributed by atoms with Crippen molar-refractivity contribution in [2.24, 2.45) is 0 Å². The van der Waals surface area contributed by atoms with Gasteiger partial charge in [0.15, 0.2) is 0 Å². The fourth-order valence-corrected chi connectivity index (χ4v) is 4.35. The number of benzene rings is 2. The van der Waals surface area contributed by atoms with Crippen molar-refractivity contribution < 1.29 is 58.9 Å². The van der Waals surface area contributed by atoms with Gasteiger partial charge in [-0.05, 0) is 19.3 Å². The van der Waals surface area contributed by atoms with Crippen LogP contribution in [0.4, 0.5) is 0 Å². The number of aryl methyl sites for hydroxylation is 1. The minimum atomic E-state index is -0.103. The standard InChI is InChI=1S/C21H18N2O2.2C2H6.W.Y/c1-13-7-8-15(14-5-3-2-4-6-14)11-18(13)19-20(24)22-16-9-10-17(12-16)23(22)21(19)25;2*1-2;;/h2-7,16-17,24H,9-10,12H2,1H3;2*1-2H3;;/q-2;;;;. The van der Waals surface area contributed by atoms with Gasteiger partial charge < -0.3 is 5.11 Å². The van der Waals surface area contributed by atoms with E-state index in [2.05, 4.69) is 12.1 Å². The molecule has 1 radical (unpaired) electrons. The third-order valence-electron chi connectivity index (χ3n) is 5.55. The summed E-state index contributed by atoms with van der Waals surface area (Å²) in [6, 6.07) is 18.8. The monoisotopic (exact) mass is 663 g/mol. The molecular formula is C25H30N2O2WY-2. The van der Waals surface area contributed by atoms with Crippen molar-refractivity contribution in [2.45, 2.75) is 66.0 Å². The summed E-state index contributed by atoms with van der Waals surface area (Å²) in [6.45, 7) is 9.93. The summed E-state index contributed by atoms with van der Waals surface area (Å²) in [7, 11) is 0. The first kappa shape index (κ1) is 28.1. The van der Waals surface area contributed by atoms with Gasteiger partial charge in [0.1, 0.15) is 0 Å². The van der Waals surface area contributed by atoms with Gasteiger partial charge in [0.25, 0.3) is 5.56 Å². The molecule has 163 valence electrons. The molecule has 31 heavy (non-hydrogen) atoms. The van der Waals surface area contributed by atoms with E-state index >= 15 is 0 Å². The molecule has 6 heteroatoms. The third-order valence-corrected chi connectivity index (χ3v) is 5.55. The molecular weight excluding hydrogens is 633 g/mol. The molecule has 2 bridgehead atoms. The van der Waals surface area contributed by atoms with Crippen LogP contribution in [0.3, 0.4) is 0 Å². The first-order valence-electron chi connectivity index (χ1n) is 10.7. The van der Waals surface area contributed by atoms with E-state index in [1.807, 2.05) is 71.0 Å². The van der Waals surface area contributed by atoms with Gasteiger partial charge in [-0.3, -0.25) is 22.5 Å². The molecule has 3 aromatic rings. The van der Waals surface area contributed by atoms with Gasteiger partial charge in [0.2, 0.25) is 5.88 Å². The van der Waals surface area contributed by atoms with Crippen LogP contribution in [0, 0.1) is 19.1 Å². The summed E-state index contributed by atoms with van der Waals surface area (Å²) in [5.74, 6) is 0.0850. The molecule has 1 saturated carbocycles. The molecule has 2 atom stereocenters. The Kier molecular flexibility index (Phi) is 11.2. The average Bonchev–Trinajstić information content (AvgIpc) is 3.46. The number of aromatic hydroxyl groups is 1. The molecule has 1 aromatic heterocycles. The summed E-state index contributed by atoms with van der Waals surface area (Å²) in [6.07, 6.45) is 3.02. The largest absolute Gasteiger partial charge is 0.493 e. The van der Waals surface area contributed by atoms with E-state index in [4.69, 9.17) is 0 Å². The zero-order valence-electron chi connectivity index (χ0n) is 19.0. The maximum Gasteiger partial charge on any atom is 0.275 e. The number of rotatable bonds is 2. The molecule has 5 rings (SSSR count). The molecule has 2 aliphatic rings. The number of aromatic nitrogens is 2. The normalized spacial score (nSPS) is 17.2. The fourth-order valence-electron chi connectivity index (χ4n) is 4.35. The molecule has 0 spiro atoms. The van der Waals surface area contributed by atoms with Gasteiger partial charge in [-0.2, -0.15) is 11.1 Å². The average molecular weight is 663 g/mol. The predicted molar refractivity (Wildman–Crippen MR) is 118 cm³/mol. The van der Waals surface area contributed by atoms with Gasteiger partial charge in [-0.1, -0.05) is 45.9 Å². The zero-order valence-corrected chi connectivity index (χ0v) is 24.7. The van der Waals surface area contributed by atoms with E-state index in [-0.39, 0.29) is 77.3 Å². The first-order chi connectivity index (χ1) is 14.1. The summed E-state index contributed by atoms with van der Waals surface area (Å²) in [4.78, 5) is 13.0. The quantitative estimate of drug-likeness (QED) is 0.346. The number of hydrogen-bond donors (Lipinski definition) is 1. The molecule has 2 heterocycles. The van der Waals surface area contributed by atoms with Crippen LogP contribution in [0.2, 0.25) is 0 Å². The summed E-state index contributed by atoms with van der Waals surface area (Å²) >= 11 is 0. The molecule has 1 aliphatic heterocycles. The maximum absolute atomic E-state index is 13.0. The topological polar surface area (TPSA) is 47.2 Å².